The molecule has 4 aromatic rings. The van der Waals surface area contributed by atoms with Crippen molar-refractivity contribution in [1.82, 2.24) is 34.6 Å². The smallest absolute Gasteiger partial charge is 0.419 e. The first-order valence-electron chi connectivity index (χ1n) is 9.25. The molecule has 5 rings (SSSR count). The van der Waals surface area contributed by atoms with Crippen molar-refractivity contribution in [2.75, 3.05) is 0 Å². The van der Waals surface area contributed by atoms with Gasteiger partial charge in [0.2, 0.25) is 5.89 Å². The van der Waals surface area contributed by atoms with Crippen molar-refractivity contribution in [3.63, 3.8) is 0 Å². The van der Waals surface area contributed by atoms with Crippen LogP contribution in [0.15, 0.2) is 28.9 Å². The molecule has 160 valence electrons. The summed E-state index contributed by atoms with van der Waals surface area (Å²) >= 11 is 0. The van der Waals surface area contributed by atoms with Gasteiger partial charge in [-0.25, -0.2) is 9.50 Å². The number of aryl methyl sites for hydroxylation is 2. The Labute approximate surface area is 170 Å². The highest BCUT2D eigenvalue weighted by Crippen LogP contribution is 2.41. The third-order valence-corrected chi connectivity index (χ3v) is 4.80. The topological polar surface area (TPSA) is 130 Å². The molecule has 1 fully saturated rings. The fraction of sp³-hybridized carbons (Fsp3) is 0.353. The summed E-state index contributed by atoms with van der Waals surface area (Å²) in [5.74, 6) is 0.179. The molecule has 1 saturated carbocycles. The summed E-state index contributed by atoms with van der Waals surface area (Å²) in [6.07, 6.45) is -0.364. The Kier molecular flexibility index (Phi) is 4.23. The third kappa shape index (κ3) is 3.71. The molecule has 4 aromatic heterocycles. The van der Waals surface area contributed by atoms with Gasteiger partial charge in [-0.1, -0.05) is 0 Å². The number of fused-ring (bicyclic) bond motifs is 1. The number of nitro groups is 1. The van der Waals surface area contributed by atoms with E-state index in [9.17, 15) is 23.3 Å². The molecular formula is C17H13F3N8O3. The van der Waals surface area contributed by atoms with E-state index < -0.39 is 16.8 Å². The Bertz CT molecular complexity index is 1290. The Hall–Kier alpha value is -3.84. The Morgan fingerprint density at radius 1 is 1.26 bits per heavy atom. The predicted octanol–water partition coefficient (Wildman–Crippen LogP) is 3.02. The van der Waals surface area contributed by atoms with E-state index in [1.54, 1.807) is 0 Å². The molecule has 0 saturated heterocycles. The molecule has 0 amide bonds. The second kappa shape index (κ2) is 6.85. The van der Waals surface area contributed by atoms with Gasteiger partial charge in [0.05, 0.1) is 4.92 Å². The van der Waals surface area contributed by atoms with E-state index in [1.165, 1.54) is 16.9 Å². The highest BCUT2D eigenvalue weighted by atomic mass is 19.4. The largest absolute Gasteiger partial charge is 0.433 e. The minimum Gasteiger partial charge on any atom is -0.419 e. The Balaban J connectivity index is 1.40. The lowest BCUT2D eigenvalue weighted by Crippen LogP contribution is -2.14. The maximum absolute atomic E-state index is 13.5. The van der Waals surface area contributed by atoms with Crippen LogP contribution in [0.2, 0.25) is 0 Å². The Morgan fingerprint density at radius 2 is 2.06 bits per heavy atom. The van der Waals surface area contributed by atoms with Crippen molar-refractivity contribution in [3.05, 3.63) is 51.9 Å². The highest BCUT2D eigenvalue weighted by Gasteiger charge is 2.37. The zero-order chi connectivity index (χ0) is 21.8. The highest BCUT2D eigenvalue weighted by molar-refractivity contribution is 5.57. The molecule has 4 heterocycles. The van der Waals surface area contributed by atoms with E-state index in [1.807, 2.05) is 0 Å². The molecule has 1 aliphatic carbocycles. The monoisotopic (exact) mass is 434 g/mol. The molecule has 14 heteroatoms. The van der Waals surface area contributed by atoms with Crippen molar-refractivity contribution in [3.8, 4) is 11.6 Å². The molecule has 0 aromatic carbocycles. The second-order valence-corrected chi connectivity index (χ2v) is 7.11. The summed E-state index contributed by atoms with van der Waals surface area (Å²) in [7, 11) is 0. The lowest BCUT2D eigenvalue weighted by molar-refractivity contribution is -0.385. The lowest BCUT2D eigenvalue weighted by Gasteiger charge is -2.10. The summed E-state index contributed by atoms with van der Waals surface area (Å²) in [6, 6.07) is 2.40. The second-order valence-electron chi connectivity index (χ2n) is 7.11. The van der Waals surface area contributed by atoms with Crippen molar-refractivity contribution in [2.45, 2.75) is 37.9 Å². The van der Waals surface area contributed by atoms with Gasteiger partial charge in [-0.15, -0.1) is 10.2 Å². The van der Waals surface area contributed by atoms with E-state index in [0.717, 1.165) is 29.6 Å². The molecule has 0 aliphatic heterocycles. The zero-order valence-electron chi connectivity index (χ0n) is 15.7. The third-order valence-electron chi connectivity index (χ3n) is 4.80. The van der Waals surface area contributed by atoms with Crippen molar-refractivity contribution in [1.29, 1.82) is 0 Å². The van der Waals surface area contributed by atoms with E-state index in [0.29, 0.717) is 5.69 Å². The minimum atomic E-state index is -4.60. The van der Waals surface area contributed by atoms with Gasteiger partial charge in [0, 0.05) is 30.6 Å². The predicted molar refractivity (Wildman–Crippen MR) is 95.8 cm³/mol. The molecule has 0 spiro atoms. The molecule has 31 heavy (non-hydrogen) atoms. The van der Waals surface area contributed by atoms with Crippen LogP contribution in [-0.4, -0.2) is 39.5 Å². The fourth-order valence-corrected chi connectivity index (χ4v) is 3.13. The normalized spacial score (nSPS) is 14.4. The molecule has 11 nitrogen and oxygen atoms in total. The van der Waals surface area contributed by atoms with Crippen LogP contribution in [0.5, 0.6) is 0 Å². The number of alkyl halides is 3. The molecule has 0 radical (unpaired) electrons. The minimum absolute atomic E-state index is 0.0394. The summed E-state index contributed by atoms with van der Waals surface area (Å²) in [4.78, 5) is 14.4. The maximum atomic E-state index is 13.5. The van der Waals surface area contributed by atoms with Crippen molar-refractivity contribution in [2.24, 2.45) is 0 Å². The fourth-order valence-electron chi connectivity index (χ4n) is 3.13. The molecule has 0 atom stereocenters. The quantitative estimate of drug-likeness (QED) is 0.334. The van der Waals surface area contributed by atoms with Crippen LogP contribution in [0.25, 0.3) is 17.2 Å². The molecule has 1 aliphatic rings. The first kappa shape index (κ1) is 19.1. The number of halogens is 3. The van der Waals surface area contributed by atoms with Gasteiger partial charge in [0.1, 0.15) is 18.1 Å². The van der Waals surface area contributed by atoms with Crippen molar-refractivity contribution < 1.29 is 22.5 Å². The average molecular weight is 434 g/mol. The van der Waals surface area contributed by atoms with E-state index in [4.69, 9.17) is 4.42 Å². The van der Waals surface area contributed by atoms with Crippen LogP contribution in [-0.2, 0) is 19.1 Å². The summed E-state index contributed by atoms with van der Waals surface area (Å²) < 4.78 is 48.2. The molecule has 0 N–H and O–H groups in total. The van der Waals surface area contributed by atoms with Gasteiger partial charge < -0.3 is 4.42 Å². The van der Waals surface area contributed by atoms with Gasteiger partial charge >= 0.3 is 11.9 Å². The van der Waals surface area contributed by atoms with Gasteiger partial charge in [0.25, 0.3) is 5.89 Å². The number of rotatable bonds is 6. The van der Waals surface area contributed by atoms with Crippen LogP contribution in [0.1, 0.15) is 36.0 Å². The van der Waals surface area contributed by atoms with E-state index >= 15 is 0 Å². The van der Waals surface area contributed by atoms with Gasteiger partial charge in [-0.2, -0.15) is 23.4 Å². The lowest BCUT2D eigenvalue weighted by atomic mass is 10.2. The van der Waals surface area contributed by atoms with Gasteiger partial charge in [-0.3, -0.25) is 14.8 Å². The van der Waals surface area contributed by atoms with E-state index in [2.05, 4.69) is 25.4 Å². The molecule has 0 bridgehead atoms. The van der Waals surface area contributed by atoms with Crippen molar-refractivity contribution >= 4 is 11.3 Å². The van der Waals surface area contributed by atoms with Crippen LogP contribution >= 0.6 is 0 Å². The number of hydrogen-bond donors (Lipinski definition) is 0. The zero-order valence-corrected chi connectivity index (χ0v) is 15.7. The van der Waals surface area contributed by atoms with Gasteiger partial charge in [0.15, 0.2) is 11.3 Å². The average Bonchev–Trinajstić information content (AvgIpc) is 3.12. The number of nitrogens with zero attached hydrogens (tertiary/aromatic N) is 8. The van der Waals surface area contributed by atoms with Gasteiger partial charge in [-0.05, 0) is 18.9 Å². The SMILES string of the molecule is O=[N+]([O-])c1cnn(CCc2nnc(-c3cc4nc(C5CC5)cc(C(F)(F)F)n4n3)o2)c1. The first-order valence-corrected chi connectivity index (χ1v) is 9.25. The number of aromatic nitrogens is 7. The number of hydrogen-bond acceptors (Lipinski definition) is 8. The van der Waals surface area contributed by atoms with E-state index in [-0.39, 0.29) is 47.7 Å². The summed E-state index contributed by atoms with van der Waals surface area (Å²) in [5, 5.41) is 26.2. The standard InChI is InChI=1S/C17H13F3N8O3/c18-17(19,20)13-5-11(9-1-2-9)22-14-6-12(25-27(13)14)16-24-23-15(31-16)3-4-26-8-10(7-21-26)28(29)30/h5-9H,1-4H2. The molecule has 0 unspecified atom stereocenters. The van der Waals surface area contributed by atoms with Crippen LogP contribution in [0.4, 0.5) is 18.9 Å². The van der Waals surface area contributed by atoms with Crippen LogP contribution in [0.3, 0.4) is 0 Å². The maximum Gasteiger partial charge on any atom is 0.433 e. The Morgan fingerprint density at radius 3 is 2.74 bits per heavy atom. The molecular weight excluding hydrogens is 421 g/mol. The summed E-state index contributed by atoms with van der Waals surface area (Å²) in [5.41, 5.74) is -0.541. The summed E-state index contributed by atoms with van der Waals surface area (Å²) in [6.45, 7) is 0.241. The first-order chi connectivity index (χ1) is 14.8. The van der Waals surface area contributed by atoms with Crippen LogP contribution in [0, 0.1) is 10.1 Å². The van der Waals surface area contributed by atoms with Crippen LogP contribution < -0.4 is 0 Å².